The Labute approximate surface area is 126 Å². The number of ether oxygens (including phenoxy) is 1. The molecule has 1 N–H and O–H groups in total. The Hall–Kier alpha value is -1.55. The Morgan fingerprint density at radius 2 is 2.00 bits per heavy atom. The van der Waals surface area contributed by atoms with E-state index in [0.29, 0.717) is 25.3 Å². The van der Waals surface area contributed by atoms with E-state index in [4.69, 9.17) is 4.74 Å². The number of nitrogens with zero attached hydrogens (tertiary/aromatic N) is 1. The van der Waals surface area contributed by atoms with E-state index in [-0.39, 0.29) is 5.91 Å². The first-order chi connectivity index (χ1) is 10.2. The summed E-state index contributed by atoms with van der Waals surface area (Å²) in [5.74, 6) is 0.856. The van der Waals surface area contributed by atoms with Crippen LogP contribution >= 0.6 is 0 Å². The normalized spacial score (nSPS) is 18.0. The first kappa shape index (κ1) is 15.8. The molecule has 0 radical (unpaired) electrons. The first-order valence-corrected chi connectivity index (χ1v) is 7.90. The minimum Gasteiger partial charge on any atom is -0.493 e. The molecule has 21 heavy (non-hydrogen) atoms. The van der Waals surface area contributed by atoms with Gasteiger partial charge in [-0.25, -0.2) is 0 Å². The summed E-state index contributed by atoms with van der Waals surface area (Å²) in [5.41, 5.74) is 0.759. The van der Waals surface area contributed by atoms with Crippen molar-refractivity contribution in [2.45, 2.75) is 45.1 Å². The summed E-state index contributed by atoms with van der Waals surface area (Å²) in [7, 11) is 0. The van der Waals surface area contributed by atoms with Gasteiger partial charge in [0.25, 0.3) is 0 Å². The fraction of sp³-hybridized carbons (Fsp3) is 0.588. The lowest BCUT2D eigenvalue weighted by atomic mass is 10.0. The largest absolute Gasteiger partial charge is 0.493 e. The van der Waals surface area contributed by atoms with Crippen molar-refractivity contribution in [1.82, 2.24) is 4.90 Å². The zero-order chi connectivity index (χ0) is 15.1. The molecule has 1 aliphatic heterocycles. The average molecular weight is 291 g/mol. The molecular weight excluding hydrogens is 266 g/mol. The van der Waals surface area contributed by atoms with Gasteiger partial charge in [-0.2, -0.15) is 0 Å². The van der Waals surface area contributed by atoms with Crippen molar-refractivity contribution >= 4 is 5.91 Å². The van der Waals surface area contributed by atoms with Crippen molar-refractivity contribution in [1.29, 1.82) is 0 Å². The van der Waals surface area contributed by atoms with Crippen molar-refractivity contribution in [2.75, 3.05) is 19.7 Å². The number of likely N-dealkylation sites (tertiary alicyclic amines) is 1. The monoisotopic (exact) mass is 291 g/mol. The number of hydrogen-bond acceptors (Lipinski definition) is 3. The molecule has 0 saturated carbocycles. The van der Waals surface area contributed by atoms with E-state index in [2.05, 4.69) is 0 Å². The maximum absolute atomic E-state index is 12.1. The molecule has 4 heteroatoms. The van der Waals surface area contributed by atoms with Gasteiger partial charge in [-0.05, 0) is 25.8 Å². The summed E-state index contributed by atoms with van der Waals surface area (Å²) in [6.07, 6.45) is 4.17. The third-order valence-corrected chi connectivity index (χ3v) is 3.89. The highest BCUT2D eigenvalue weighted by molar-refractivity contribution is 5.76. The predicted molar refractivity (Wildman–Crippen MR) is 82.2 cm³/mol. The second-order valence-electron chi connectivity index (χ2n) is 5.49. The van der Waals surface area contributed by atoms with Crippen LogP contribution in [0.2, 0.25) is 0 Å². The maximum Gasteiger partial charge on any atom is 0.222 e. The SMILES string of the molecule is CCOc1ccccc1C(O)CN1CCCCCCC1=O. The van der Waals surface area contributed by atoms with Crippen LogP contribution in [0, 0.1) is 0 Å². The molecule has 1 aromatic rings. The lowest BCUT2D eigenvalue weighted by molar-refractivity contribution is -0.133. The highest BCUT2D eigenvalue weighted by Gasteiger charge is 2.21. The summed E-state index contributed by atoms with van der Waals surface area (Å²) >= 11 is 0. The molecule has 0 bridgehead atoms. The molecule has 4 nitrogen and oxygen atoms in total. The molecule has 1 unspecified atom stereocenters. The molecule has 1 aliphatic rings. The van der Waals surface area contributed by atoms with E-state index < -0.39 is 6.10 Å². The second kappa shape index (κ2) is 8.03. The average Bonchev–Trinajstić information content (AvgIpc) is 2.48. The van der Waals surface area contributed by atoms with E-state index >= 15 is 0 Å². The van der Waals surface area contributed by atoms with Crippen molar-refractivity contribution in [3.63, 3.8) is 0 Å². The molecule has 116 valence electrons. The highest BCUT2D eigenvalue weighted by atomic mass is 16.5. The first-order valence-electron chi connectivity index (χ1n) is 7.90. The van der Waals surface area contributed by atoms with Crippen LogP contribution in [0.4, 0.5) is 0 Å². The summed E-state index contributed by atoms with van der Waals surface area (Å²) < 4.78 is 5.56. The van der Waals surface area contributed by atoms with E-state index in [1.54, 1.807) is 4.90 Å². The molecule has 1 heterocycles. The van der Waals surface area contributed by atoms with Gasteiger partial charge in [-0.15, -0.1) is 0 Å². The van der Waals surface area contributed by atoms with Crippen molar-refractivity contribution < 1.29 is 14.6 Å². The van der Waals surface area contributed by atoms with Crippen LogP contribution in [-0.4, -0.2) is 35.6 Å². The molecule has 1 saturated heterocycles. The molecular formula is C17H25NO3. The molecule has 1 amide bonds. The molecule has 1 atom stereocenters. The molecule has 1 fully saturated rings. The van der Waals surface area contributed by atoms with E-state index in [1.165, 1.54) is 0 Å². The number of hydrogen-bond donors (Lipinski definition) is 1. The third-order valence-electron chi connectivity index (χ3n) is 3.89. The third kappa shape index (κ3) is 4.46. The fourth-order valence-corrected chi connectivity index (χ4v) is 2.76. The van der Waals surface area contributed by atoms with E-state index in [9.17, 15) is 9.90 Å². The summed E-state index contributed by atoms with van der Waals surface area (Å²) in [4.78, 5) is 13.9. The van der Waals surface area contributed by atoms with Gasteiger partial charge in [0.15, 0.2) is 0 Å². The van der Waals surface area contributed by atoms with Crippen LogP contribution in [0.15, 0.2) is 24.3 Å². The number of aliphatic hydroxyl groups excluding tert-OH is 1. The van der Waals surface area contributed by atoms with Gasteiger partial charge in [0.05, 0.1) is 13.2 Å². The number of aliphatic hydroxyl groups is 1. The number of carbonyl (C=O) groups is 1. The Kier molecular flexibility index (Phi) is 6.05. The molecule has 1 aromatic carbocycles. The number of amides is 1. The molecule has 2 rings (SSSR count). The number of carbonyl (C=O) groups excluding carboxylic acids is 1. The summed E-state index contributed by atoms with van der Waals surface area (Å²) in [6, 6.07) is 7.50. The van der Waals surface area contributed by atoms with Crippen LogP contribution < -0.4 is 4.74 Å². The standard InChI is InChI=1S/C17H25NO3/c1-2-21-16-10-7-6-9-14(16)15(19)13-18-12-8-4-3-5-11-17(18)20/h6-7,9-10,15,19H,2-5,8,11-13H2,1H3. The lowest BCUT2D eigenvalue weighted by Gasteiger charge is -2.27. The zero-order valence-corrected chi connectivity index (χ0v) is 12.8. The highest BCUT2D eigenvalue weighted by Crippen LogP contribution is 2.26. The minimum atomic E-state index is -0.698. The van der Waals surface area contributed by atoms with Crippen LogP contribution in [0.25, 0.3) is 0 Å². The summed E-state index contributed by atoms with van der Waals surface area (Å²) in [6.45, 7) is 3.58. The Morgan fingerprint density at radius 1 is 1.24 bits per heavy atom. The van der Waals surface area contributed by atoms with Crippen molar-refractivity contribution in [2.24, 2.45) is 0 Å². The Balaban J connectivity index is 2.05. The molecule has 0 aliphatic carbocycles. The number of benzene rings is 1. The smallest absolute Gasteiger partial charge is 0.222 e. The van der Waals surface area contributed by atoms with E-state index in [0.717, 1.165) is 37.8 Å². The molecule has 0 aromatic heterocycles. The Bertz CT molecular complexity index is 461. The van der Waals surface area contributed by atoms with Crippen molar-refractivity contribution in [3.05, 3.63) is 29.8 Å². The summed E-state index contributed by atoms with van der Waals surface area (Å²) in [5, 5.41) is 10.5. The van der Waals surface area contributed by atoms with E-state index in [1.807, 2.05) is 31.2 Å². The van der Waals surface area contributed by atoms with Gasteiger partial charge >= 0.3 is 0 Å². The van der Waals surface area contributed by atoms with Gasteiger partial charge < -0.3 is 14.7 Å². The van der Waals surface area contributed by atoms with Crippen LogP contribution in [0.5, 0.6) is 5.75 Å². The molecule has 0 spiro atoms. The number of para-hydroxylation sites is 1. The van der Waals surface area contributed by atoms with Gasteiger partial charge in [0.1, 0.15) is 11.9 Å². The number of rotatable bonds is 5. The predicted octanol–water partition coefficient (Wildman–Crippen LogP) is 2.91. The topological polar surface area (TPSA) is 49.8 Å². The number of β-amino-alcohol motifs (C(OH)–C–C–N with tert-alkyl or cyclic N) is 1. The zero-order valence-electron chi connectivity index (χ0n) is 12.8. The van der Waals surface area contributed by atoms with Crippen LogP contribution in [-0.2, 0) is 4.79 Å². The quantitative estimate of drug-likeness (QED) is 0.907. The van der Waals surface area contributed by atoms with Crippen LogP contribution in [0.3, 0.4) is 0 Å². The second-order valence-corrected chi connectivity index (χ2v) is 5.49. The van der Waals surface area contributed by atoms with Gasteiger partial charge in [0.2, 0.25) is 5.91 Å². The maximum atomic E-state index is 12.1. The minimum absolute atomic E-state index is 0.155. The Morgan fingerprint density at radius 3 is 2.81 bits per heavy atom. The fourth-order valence-electron chi connectivity index (χ4n) is 2.76. The van der Waals surface area contributed by atoms with Gasteiger partial charge in [0, 0.05) is 18.5 Å². The van der Waals surface area contributed by atoms with Gasteiger partial charge in [-0.3, -0.25) is 4.79 Å². The lowest BCUT2D eigenvalue weighted by Crippen LogP contribution is -2.36. The van der Waals surface area contributed by atoms with Gasteiger partial charge in [-0.1, -0.05) is 31.0 Å². The van der Waals surface area contributed by atoms with Crippen LogP contribution in [0.1, 0.15) is 50.7 Å². The van der Waals surface area contributed by atoms with Crippen molar-refractivity contribution in [3.8, 4) is 5.75 Å².